The second-order valence-corrected chi connectivity index (χ2v) is 6.88. The SMILES string of the molecule is CNC(c1snnc1C(C)(C)C)c1c(Br)nnn1C. The van der Waals surface area contributed by atoms with E-state index in [-0.39, 0.29) is 11.5 Å². The van der Waals surface area contributed by atoms with E-state index in [9.17, 15) is 0 Å². The molecule has 0 aliphatic rings. The molecule has 8 heteroatoms. The van der Waals surface area contributed by atoms with Crippen molar-refractivity contribution in [1.82, 2.24) is 29.9 Å². The Morgan fingerprint density at radius 1 is 1.32 bits per heavy atom. The molecule has 0 fully saturated rings. The van der Waals surface area contributed by atoms with Crippen LogP contribution in [-0.4, -0.2) is 31.6 Å². The third kappa shape index (κ3) is 2.70. The molecule has 6 nitrogen and oxygen atoms in total. The molecule has 2 aromatic rings. The van der Waals surface area contributed by atoms with Gasteiger partial charge >= 0.3 is 0 Å². The highest BCUT2D eigenvalue weighted by atomic mass is 79.9. The lowest BCUT2D eigenvalue weighted by atomic mass is 9.89. The molecular weight excluding hydrogens is 328 g/mol. The van der Waals surface area contributed by atoms with E-state index >= 15 is 0 Å². The molecule has 2 aromatic heterocycles. The highest BCUT2D eigenvalue weighted by Gasteiger charge is 2.30. The van der Waals surface area contributed by atoms with Gasteiger partial charge in [0.1, 0.15) is 0 Å². The molecule has 0 saturated heterocycles. The smallest absolute Gasteiger partial charge is 0.153 e. The highest BCUT2D eigenvalue weighted by molar-refractivity contribution is 9.10. The molecule has 0 bridgehead atoms. The zero-order valence-electron chi connectivity index (χ0n) is 11.6. The van der Waals surface area contributed by atoms with E-state index in [4.69, 9.17) is 0 Å². The minimum atomic E-state index is -0.0457. The summed E-state index contributed by atoms with van der Waals surface area (Å²) >= 11 is 4.86. The van der Waals surface area contributed by atoms with Crippen LogP contribution in [0.25, 0.3) is 0 Å². The molecule has 1 N–H and O–H groups in total. The summed E-state index contributed by atoms with van der Waals surface area (Å²) in [4.78, 5) is 1.10. The fourth-order valence-corrected chi connectivity index (χ4v) is 3.48. The number of rotatable bonds is 3. The van der Waals surface area contributed by atoms with Gasteiger partial charge in [-0.1, -0.05) is 30.5 Å². The summed E-state index contributed by atoms with van der Waals surface area (Å²) in [6.45, 7) is 6.41. The van der Waals surface area contributed by atoms with Gasteiger partial charge in [0.15, 0.2) is 4.60 Å². The number of halogens is 1. The summed E-state index contributed by atoms with van der Waals surface area (Å²) in [5.41, 5.74) is 1.93. The van der Waals surface area contributed by atoms with Gasteiger partial charge in [0.05, 0.1) is 22.3 Å². The molecule has 0 aliphatic heterocycles. The van der Waals surface area contributed by atoms with Crippen LogP contribution in [0.1, 0.15) is 43.1 Å². The first-order chi connectivity index (χ1) is 8.86. The Balaban J connectivity index is 2.53. The second-order valence-electron chi connectivity index (χ2n) is 5.35. The maximum Gasteiger partial charge on any atom is 0.153 e. The summed E-state index contributed by atoms with van der Waals surface area (Å²) in [6, 6.07) is -0.0244. The molecule has 0 aliphatic carbocycles. The third-order valence-electron chi connectivity index (χ3n) is 2.87. The predicted octanol–water partition coefficient (Wildman–Crippen LogP) is 2.04. The van der Waals surface area contributed by atoms with Crippen LogP contribution in [0.5, 0.6) is 0 Å². The predicted molar refractivity (Wildman–Crippen MR) is 78.2 cm³/mol. The van der Waals surface area contributed by atoms with Crippen LogP contribution in [0.3, 0.4) is 0 Å². The average Bonchev–Trinajstić information content (AvgIpc) is 2.91. The summed E-state index contributed by atoms with van der Waals surface area (Å²) in [5.74, 6) is 0. The Hall–Kier alpha value is -0.860. The van der Waals surface area contributed by atoms with Gasteiger partial charge in [0, 0.05) is 12.5 Å². The molecule has 2 rings (SSSR count). The van der Waals surface area contributed by atoms with Crippen LogP contribution < -0.4 is 5.32 Å². The van der Waals surface area contributed by atoms with E-state index < -0.39 is 0 Å². The summed E-state index contributed by atoms with van der Waals surface area (Å²) in [7, 11) is 3.79. The number of nitrogens with zero attached hydrogens (tertiary/aromatic N) is 5. The van der Waals surface area contributed by atoms with Gasteiger partial charge in [0.25, 0.3) is 0 Å². The van der Waals surface area contributed by atoms with E-state index in [1.54, 1.807) is 4.68 Å². The third-order valence-corrected chi connectivity index (χ3v) is 4.23. The normalized spacial score (nSPS) is 13.8. The van der Waals surface area contributed by atoms with Crippen LogP contribution >= 0.6 is 27.5 Å². The molecular formula is C11H17BrN6S. The van der Waals surface area contributed by atoms with Gasteiger partial charge in [0.2, 0.25) is 0 Å². The van der Waals surface area contributed by atoms with Crippen LogP contribution in [0, 0.1) is 0 Å². The van der Waals surface area contributed by atoms with E-state index in [1.165, 1.54) is 11.5 Å². The Morgan fingerprint density at radius 2 is 2.00 bits per heavy atom. The Morgan fingerprint density at radius 3 is 2.47 bits per heavy atom. The Kier molecular flexibility index (Phi) is 4.03. The minimum absolute atomic E-state index is 0.0244. The minimum Gasteiger partial charge on any atom is -0.307 e. The van der Waals surface area contributed by atoms with Gasteiger partial charge in [-0.15, -0.1) is 10.2 Å². The average molecular weight is 345 g/mol. The Bertz CT molecular complexity index is 550. The van der Waals surface area contributed by atoms with Crippen LogP contribution in [0.4, 0.5) is 0 Å². The van der Waals surface area contributed by atoms with E-state index in [0.717, 1.165) is 20.9 Å². The highest BCUT2D eigenvalue weighted by Crippen LogP contribution is 2.35. The molecule has 104 valence electrons. The van der Waals surface area contributed by atoms with Gasteiger partial charge in [-0.25, -0.2) is 4.68 Å². The quantitative estimate of drug-likeness (QED) is 0.922. The van der Waals surface area contributed by atoms with Crippen molar-refractivity contribution in [2.45, 2.75) is 32.2 Å². The monoisotopic (exact) mass is 344 g/mol. The molecule has 19 heavy (non-hydrogen) atoms. The molecule has 0 amide bonds. The lowest BCUT2D eigenvalue weighted by Crippen LogP contribution is -2.24. The zero-order chi connectivity index (χ0) is 14.2. The van der Waals surface area contributed by atoms with Gasteiger partial charge in [-0.3, -0.25) is 0 Å². The number of hydrogen-bond donors (Lipinski definition) is 1. The van der Waals surface area contributed by atoms with Crippen LogP contribution in [0.15, 0.2) is 4.60 Å². The van der Waals surface area contributed by atoms with Crippen molar-refractivity contribution >= 4 is 27.5 Å². The fraction of sp³-hybridized carbons (Fsp3) is 0.636. The largest absolute Gasteiger partial charge is 0.307 e. The fourth-order valence-electron chi connectivity index (χ4n) is 1.94. The van der Waals surface area contributed by atoms with Crippen molar-refractivity contribution in [3.63, 3.8) is 0 Å². The maximum absolute atomic E-state index is 4.29. The number of nitrogens with one attached hydrogen (secondary N) is 1. The zero-order valence-corrected chi connectivity index (χ0v) is 14.0. The molecule has 0 spiro atoms. The standard InChI is InChI=1S/C11H17BrN6S/c1-11(2,3)9-8(19-17-14-9)6(13-4)7-10(12)15-16-18(7)5/h6,13H,1-5H3. The molecule has 0 radical (unpaired) electrons. The van der Waals surface area contributed by atoms with Gasteiger partial charge in [-0.2, -0.15) is 0 Å². The lowest BCUT2D eigenvalue weighted by molar-refractivity contribution is 0.539. The van der Waals surface area contributed by atoms with Crippen molar-refractivity contribution < 1.29 is 0 Å². The summed E-state index contributed by atoms with van der Waals surface area (Å²) < 4.78 is 6.61. The molecule has 0 aromatic carbocycles. The van der Waals surface area contributed by atoms with Gasteiger partial charge < -0.3 is 5.32 Å². The van der Waals surface area contributed by atoms with E-state index in [2.05, 4.69) is 61.9 Å². The van der Waals surface area contributed by atoms with Crippen molar-refractivity contribution in [2.24, 2.45) is 7.05 Å². The van der Waals surface area contributed by atoms with Crippen molar-refractivity contribution in [3.8, 4) is 0 Å². The number of aromatic nitrogens is 5. The first-order valence-corrected chi connectivity index (χ1v) is 7.48. The number of hydrogen-bond acceptors (Lipinski definition) is 6. The Labute approximate surface area is 124 Å². The van der Waals surface area contributed by atoms with Crippen LogP contribution in [0.2, 0.25) is 0 Å². The van der Waals surface area contributed by atoms with E-state index in [0.29, 0.717) is 0 Å². The van der Waals surface area contributed by atoms with Crippen molar-refractivity contribution in [2.75, 3.05) is 7.05 Å². The maximum atomic E-state index is 4.29. The van der Waals surface area contributed by atoms with Crippen LogP contribution in [-0.2, 0) is 12.5 Å². The molecule has 1 unspecified atom stereocenters. The molecule has 2 heterocycles. The second kappa shape index (κ2) is 5.26. The molecule has 1 atom stereocenters. The lowest BCUT2D eigenvalue weighted by Gasteiger charge is -2.21. The first-order valence-electron chi connectivity index (χ1n) is 5.91. The number of aryl methyl sites for hydroxylation is 1. The van der Waals surface area contributed by atoms with Crippen molar-refractivity contribution in [3.05, 3.63) is 20.9 Å². The summed E-state index contributed by atoms with van der Waals surface area (Å²) in [5, 5.41) is 15.7. The molecule has 0 saturated carbocycles. The topological polar surface area (TPSA) is 68.5 Å². The first kappa shape index (κ1) is 14.5. The van der Waals surface area contributed by atoms with Gasteiger partial charge in [-0.05, 0) is 34.5 Å². The van der Waals surface area contributed by atoms with Crippen molar-refractivity contribution in [1.29, 1.82) is 0 Å². The van der Waals surface area contributed by atoms with E-state index in [1.807, 2.05) is 14.1 Å². The summed E-state index contributed by atoms with van der Waals surface area (Å²) in [6.07, 6.45) is 0.